The van der Waals surface area contributed by atoms with Crippen LogP contribution >= 0.6 is 11.6 Å². The van der Waals surface area contributed by atoms with Gasteiger partial charge in [0, 0.05) is 18.9 Å². The smallest absolute Gasteiger partial charge is 0.322 e. The van der Waals surface area contributed by atoms with Crippen molar-refractivity contribution in [1.82, 2.24) is 19.9 Å². The molecule has 0 aromatic carbocycles. The first-order chi connectivity index (χ1) is 8.69. The predicted octanol–water partition coefficient (Wildman–Crippen LogP) is 1.85. The summed E-state index contributed by atoms with van der Waals surface area (Å²) in [7, 11) is 1.47. The number of rotatable bonds is 4. The standard InChI is InChI=1S/C11H12ClN5O/c1-7-3-4-13-5-8(7)6-14-10-15-9(12)16-11(17-10)18-2/h3-5H,6H2,1-2H3,(H,14,15,16,17). The van der Waals surface area contributed by atoms with Crippen molar-refractivity contribution in [1.29, 1.82) is 0 Å². The van der Waals surface area contributed by atoms with Gasteiger partial charge in [-0.25, -0.2) is 0 Å². The maximum atomic E-state index is 5.75. The van der Waals surface area contributed by atoms with Gasteiger partial charge in [0.1, 0.15) is 0 Å². The fraction of sp³-hybridized carbons (Fsp3) is 0.273. The van der Waals surface area contributed by atoms with Crippen LogP contribution in [0.5, 0.6) is 6.01 Å². The zero-order chi connectivity index (χ0) is 13.0. The molecule has 0 spiro atoms. The Bertz CT molecular complexity index is 549. The minimum Gasteiger partial charge on any atom is -0.467 e. The highest BCUT2D eigenvalue weighted by molar-refractivity contribution is 6.28. The number of hydrogen-bond acceptors (Lipinski definition) is 6. The van der Waals surface area contributed by atoms with Gasteiger partial charge in [0.05, 0.1) is 7.11 Å². The van der Waals surface area contributed by atoms with Gasteiger partial charge in [0.15, 0.2) is 0 Å². The van der Waals surface area contributed by atoms with Crippen molar-refractivity contribution in [2.75, 3.05) is 12.4 Å². The van der Waals surface area contributed by atoms with Gasteiger partial charge in [-0.15, -0.1) is 0 Å². The second-order valence-corrected chi connectivity index (χ2v) is 3.91. The molecule has 0 saturated carbocycles. The summed E-state index contributed by atoms with van der Waals surface area (Å²) in [6.45, 7) is 2.57. The normalized spacial score (nSPS) is 10.2. The summed E-state index contributed by atoms with van der Waals surface area (Å²) in [4.78, 5) is 15.9. The summed E-state index contributed by atoms with van der Waals surface area (Å²) in [5.74, 6) is 0.370. The van der Waals surface area contributed by atoms with Crippen LogP contribution in [0.1, 0.15) is 11.1 Å². The van der Waals surface area contributed by atoms with Crippen LogP contribution < -0.4 is 10.1 Å². The van der Waals surface area contributed by atoms with Gasteiger partial charge in [-0.3, -0.25) is 4.98 Å². The molecule has 7 heteroatoms. The van der Waals surface area contributed by atoms with E-state index in [1.54, 1.807) is 12.4 Å². The molecule has 0 saturated heterocycles. The van der Waals surface area contributed by atoms with Crippen LogP contribution in [0.4, 0.5) is 5.95 Å². The Balaban J connectivity index is 2.11. The summed E-state index contributed by atoms with van der Waals surface area (Å²) in [6, 6.07) is 2.12. The lowest BCUT2D eigenvalue weighted by molar-refractivity contribution is 0.379. The highest BCUT2D eigenvalue weighted by atomic mass is 35.5. The number of methoxy groups -OCH3 is 1. The fourth-order valence-corrected chi connectivity index (χ4v) is 1.51. The maximum absolute atomic E-state index is 5.75. The number of aryl methyl sites for hydroxylation is 1. The number of hydrogen-bond donors (Lipinski definition) is 1. The van der Waals surface area contributed by atoms with Crippen LogP contribution in [0, 0.1) is 6.92 Å². The molecule has 2 aromatic heterocycles. The van der Waals surface area contributed by atoms with Gasteiger partial charge in [0.25, 0.3) is 0 Å². The Morgan fingerprint density at radius 1 is 1.33 bits per heavy atom. The number of halogens is 1. The monoisotopic (exact) mass is 265 g/mol. The molecule has 2 rings (SSSR count). The van der Waals surface area contributed by atoms with Gasteiger partial charge in [0.2, 0.25) is 11.2 Å². The molecule has 0 atom stereocenters. The predicted molar refractivity (Wildman–Crippen MR) is 67.7 cm³/mol. The number of ether oxygens (including phenoxy) is 1. The van der Waals surface area contributed by atoms with Crippen molar-refractivity contribution in [2.24, 2.45) is 0 Å². The SMILES string of the molecule is COc1nc(Cl)nc(NCc2cnccc2C)n1. The molecule has 6 nitrogen and oxygen atoms in total. The number of anilines is 1. The minimum absolute atomic E-state index is 0.0901. The van der Waals surface area contributed by atoms with Crippen molar-refractivity contribution < 1.29 is 4.74 Å². The van der Waals surface area contributed by atoms with E-state index in [0.717, 1.165) is 11.1 Å². The van der Waals surface area contributed by atoms with Gasteiger partial charge < -0.3 is 10.1 Å². The molecule has 0 fully saturated rings. The molecular formula is C11H12ClN5O. The molecule has 0 aliphatic heterocycles. The van der Waals surface area contributed by atoms with E-state index in [0.29, 0.717) is 12.5 Å². The zero-order valence-corrected chi connectivity index (χ0v) is 10.8. The second-order valence-electron chi connectivity index (χ2n) is 3.57. The average Bonchev–Trinajstić information content (AvgIpc) is 2.37. The van der Waals surface area contributed by atoms with E-state index in [-0.39, 0.29) is 11.3 Å². The van der Waals surface area contributed by atoms with E-state index in [2.05, 4.69) is 25.3 Å². The van der Waals surface area contributed by atoms with E-state index < -0.39 is 0 Å². The number of pyridine rings is 1. The highest BCUT2D eigenvalue weighted by Gasteiger charge is 2.05. The van der Waals surface area contributed by atoms with Crippen LogP contribution in [0.15, 0.2) is 18.5 Å². The van der Waals surface area contributed by atoms with Gasteiger partial charge >= 0.3 is 6.01 Å². The molecule has 0 bridgehead atoms. The minimum atomic E-state index is 0.0901. The Labute approximate surface area is 109 Å². The van der Waals surface area contributed by atoms with E-state index in [1.165, 1.54) is 7.11 Å². The third kappa shape index (κ3) is 3.04. The lowest BCUT2D eigenvalue weighted by atomic mass is 10.2. The summed E-state index contributed by atoms with van der Waals surface area (Å²) >= 11 is 5.75. The summed E-state index contributed by atoms with van der Waals surface area (Å²) in [5.41, 5.74) is 2.21. The van der Waals surface area contributed by atoms with E-state index >= 15 is 0 Å². The Hall–Kier alpha value is -1.95. The molecule has 0 amide bonds. The molecule has 2 heterocycles. The quantitative estimate of drug-likeness (QED) is 0.910. The van der Waals surface area contributed by atoms with Crippen molar-refractivity contribution in [2.45, 2.75) is 13.5 Å². The van der Waals surface area contributed by atoms with Gasteiger partial charge in [-0.05, 0) is 35.7 Å². The number of aromatic nitrogens is 4. The summed E-state index contributed by atoms with van der Waals surface area (Å²) in [6.07, 6.45) is 3.55. The van der Waals surface area contributed by atoms with Gasteiger partial charge in [-0.1, -0.05) is 0 Å². The topological polar surface area (TPSA) is 72.8 Å². The molecule has 18 heavy (non-hydrogen) atoms. The molecule has 0 unspecified atom stereocenters. The number of nitrogens with one attached hydrogen (secondary N) is 1. The molecule has 1 N–H and O–H groups in total. The molecular weight excluding hydrogens is 254 g/mol. The van der Waals surface area contributed by atoms with Crippen molar-refractivity contribution in [3.05, 3.63) is 34.9 Å². The molecule has 94 valence electrons. The van der Waals surface area contributed by atoms with Crippen LogP contribution in [0.2, 0.25) is 5.28 Å². The van der Waals surface area contributed by atoms with Crippen LogP contribution in [-0.4, -0.2) is 27.0 Å². The Morgan fingerprint density at radius 3 is 2.89 bits per heavy atom. The fourth-order valence-electron chi connectivity index (χ4n) is 1.36. The van der Waals surface area contributed by atoms with E-state index in [9.17, 15) is 0 Å². The Kier molecular flexibility index (Phi) is 3.88. The van der Waals surface area contributed by atoms with Crippen molar-refractivity contribution in [3.8, 4) is 6.01 Å². The maximum Gasteiger partial charge on any atom is 0.322 e. The molecule has 0 aliphatic rings. The molecule has 2 aromatic rings. The third-order valence-electron chi connectivity index (χ3n) is 2.35. The third-order valence-corrected chi connectivity index (χ3v) is 2.52. The van der Waals surface area contributed by atoms with E-state index in [1.807, 2.05) is 13.0 Å². The van der Waals surface area contributed by atoms with Crippen LogP contribution in [-0.2, 0) is 6.54 Å². The van der Waals surface area contributed by atoms with E-state index in [4.69, 9.17) is 16.3 Å². The van der Waals surface area contributed by atoms with Gasteiger partial charge in [-0.2, -0.15) is 15.0 Å². The highest BCUT2D eigenvalue weighted by Crippen LogP contribution is 2.12. The molecule has 0 radical (unpaired) electrons. The van der Waals surface area contributed by atoms with Crippen molar-refractivity contribution in [3.63, 3.8) is 0 Å². The average molecular weight is 266 g/mol. The van der Waals surface area contributed by atoms with Crippen LogP contribution in [0.3, 0.4) is 0 Å². The Morgan fingerprint density at radius 2 is 2.17 bits per heavy atom. The zero-order valence-electron chi connectivity index (χ0n) is 10.0. The first-order valence-corrected chi connectivity index (χ1v) is 5.66. The first kappa shape index (κ1) is 12.5. The van der Waals surface area contributed by atoms with Crippen LogP contribution in [0.25, 0.3) is 0 Å². The van der Waals surface area contributed by atoms with Crippen molar-refractivity contribution >= 4 is 17.5 Å². The summed E-state index contributed by atoms with van der Waals surface area (Å²) in [5, 5.41) is 3.14. The lowest BCUT2D eigenvalue weighted by Gasteiger charge is -2.07. The first-order valence-electron chi connectivity index (χ1n) is 5.28. The number of nitrogens with zero attached hydrogens (tertiary/aromatic N) is 4. The lowest BCUT2D eigenvalue weighted by Crippen LogP contribution is -2.07. The summed E-state index contributed by atoms with van der Waals surface area (Å²) < 4.78 is 4.91. The second kappa shape index (κ2) is 5.59. The largest absolute Gasteiger partial charge is 0.467 e. The molecule has 0 aliphatic carbocycles.